The van der Waals surface area contributed by atoms with E-state index < -0.39 is 0 Å². The molecule has 0 spiro atoms. The number of aromatic amines is 1. The van der Waals surface area contributed by atoms with Crippen LogP contribution < -0.4 is 0 Å². The molecule has 0 atom stereocenters. The van der Waals surface area contributed by atoms with Gasteiger partial charge in [-0.15, -0.1) is 0 Å². The first kappa shape index (κ1) is 11.9. The van der Waals surface area contributed by atoms with Gasteiger partial charge in [0.1, 0.15) is 5.82 Å². The van der Waals surface area contributed by atoms with E-state index in [0.29, 0.717) is 12.5 Å². The van der Waals surface area contributed by atoms with Crippen molar-refractivity contribution in [3.05, 3.63) is 35.3 Å². The van der Waals surface area contributed by atoms with Crippen LogP contribution in [0, 0.1) is 11.7 Å². The Morgan fingerprint density at radius 2 is 2.20 bits per heavy atom. The Morgan fingerprint density at radius 1 is 1.35 bits per heavy atom. The van der Waals surface area contributed by atoms with E-state index in [9.17, 15) is 9.18 Å². The number of rotatable bonds is 1. The minimum Gasteiger partial charge on any atom is -0.357 e. The third kappa shape index (κ3) is 1.74. The van der Waals surface area contributed by atoms with Crippen LogP contribution in [0.2, 0.25) is 0 Å². The number of fused-ring (bicyclic) bond motifs is 3. The van der Waals surface area contributed by atoms with Gasteiger partial charge in [-0.25, -0.2) is 4.39 Å². The molecule has 1 N–H and O–H groups in total. The topological polar surface area (TPSA) is 36.1 Å². The summed E-state index contributed by atoms with van der Waals surface area (Å²) >= 11 is 0. The minimum absolute atomic E-state index is 0.202. The molecule has 4 heteroatoms. The molecule has 1 aliphatic carbocycles. The number of hydrogen-bond acceptors (Lipinski definition) is 1. The molecule has 3 nitrogen and oxygen atoms in total. The summed E-state index contributed by atoms with van der Waals surface area (Å²) < 4.78 is 13.4. The monoisotopic (exact) mass is 272 g/mol. The molecule has 104 valence electrons. The molecule has 1 aliphatic heterocycles. The molecule has 20 heavy (non-hydrogen) atoms. The lowest BCUT2D eigenvalue weighted by molar-refractivity contribution is -0.139. The van der Waals surface area contributed by atoms with Crippen LogP contribution in [-0.2, 0) is 17.8 Å². The zero-order valence-corrected chi connectivity index (χ0v) is 11.3. The summed E-state index contributed by atoms with van der Waals surface area (Å²) in [5.41, 5.74) is 3.22. The Morgan fingerprint density at radius 3 is 2.95 bits per heavy atom. The smallest absolute Gasteiger partial charge is 0.226 e. The van der Waals surface area contributed by atoms with Gasteiger partial charge in [0.2, 0.25) is 5.91 Å². The highest BCUT2D eigenvalue weighted by Gasteiger charge is 2.32. The largest absolute Gasteiger partial charge is 0.357 e. The molecular formula is C16H17FN2O. The van der Waals surface area contributed by atoms with Crippen LogP contribution >= 0.6 is 0 Å². The highest BCUT2D eigenvalue weighted by molar-refractivity contribution is 5.86. The molecule has 0 radical (unpaired) electrons. The molecule has 0 unspecified atom stereocenters. The number of benzene rings is 1. The van der Waals surface area contributed by atoms with Crippen LogP contribution in [0.1, 0.15) is 30.5 Å². The number of amides is 1. The third-order valence-electron chi connectivity index (χ3n) is 4.70. The van der Waals surface area contributed by atoms with Gasteiger partial charge >= 0.3 is 0 Å². The Bertz CT molecular complexity index is 687. The number of carbonyl (C=O) groups is 1. The average Bonchev–Trinajstić information content (AvgIpc) is 2.73. The maximum Gasteiger partial charge on any atom is 0.226 e. The normalized spacial score (nSPS) is 18.9. The Hall–Kier alpha value is -1.84. The number of nitrogens with one attached hydrogen (secondary N) is 1. The van der Waals surface area contributed by atoms with Crippen molar-refractivity contribution < 1.29 is 9.18 Å². The minimum atomic E-state index is -0.202. The van der Waals surface area contributed by atoms with Gasteiger partial charge in [0.15, 0.2) is 0 Å². The van der Waals surface area contributed by atoms with E-state index in [1.165, 1.54) is 18.1 Å². The van der Waals surface area contributed by atoms with E-state index >= 15 is 0 Å². The van der Waals surface area contributed by atoms with E-state index in [4.69, 9.17) is 0 Å². The summed E-state index contributed by atoms with van der Waals surface area (Å²) in [7, 11) is 0. The molecule has 1 aromatic carbocycles. The van der Waals surface area contributed by atoms with E-state index in [0.717, 1.165) is 42.4 Å². The van der Waals surface area contributed by atoms with Gasteiger partial charge in [0, 0.05) is 29.1 Å². The van der Waals surface area contributed by atoms with E-state index in [1.54, 1.807) is 12.1 Å². The van der Waals surface area contributed by atoms with Gasteiger partial charge in [0.25, 0.3) is 0 Å². The fourth-order valence-electron chi connectivity index (χ4n) is 3.31. The average molecular weight is 272 g/mol. The number of hydrogen-bond donors (Lipinski definition) is 1. The van der Waals surface area contributed by atoms with Crippen LogP contribution in [0.4, 0.5) is 4.39 Å². The maximum atomic E-state index is 13.4. The van der Waals surface area contributed by atoms with Gasteiger partial charge in [-0.2, -0.15) is 0 Å². The Kier molecular flexibility index (Phi) is 2.59. The first-order chi connectivity index (χ1) is 9.72. The highest BCUT2D eigenvalue weighted by Crippen LogP contribution is 2.32. The molecule has 1 amide bonds. The molecule has 2 aliphatic rings. The summed E-state index contributed by atoms with van der Waals surface area (Å²) in [6.45, 7) is 1.40. The van der Waals surface area contributed by atoms with Gasteiger partial charge in [-0.05, 0) is 43.0 Å². The van der Waals surface area contributed by atoms with Crippen molar-refractivity contribution in [1.82, 2.24) is 9.88 Å². The first-order valence-corrected chi connectivity index (χ1v) is 7.30. The van der Waals surface area contributed by atoms with E-state index in [1.807, 2.05) is 4.90 Å². The first-order valence-electron chi connectivity index (χ1n) is 7.30. The van der Waals surface area contributed by atoms with Crippen molar-refractivity contribution in [3.63, 3.8) is 0 Å². The van der Waals surface area contributed by atoms with Crippen LogP contribution in [0.25, 0.3) is 10.9 Å². The second kappa shape index (κ2) is 4.33. The predicted octanol–water partition coefficient (Wildman–Crippen LogP) is 2.99. The van der Waals surface area contributed by atoms with Crippen LogP contribution in [0.5, 0.6) is 0 Å². The number of aromatic nitrogens is 1. The number of H-pyrrole nitrogens is 1. The van der Waals surface area contributed by atoms with Crippen molar-refractivity contribution in [2.45, 2.75) is 32.2 Å². The van der Waals surface area contributed by atoms with Gasteiger partial charge in [-0.1, -0.05) is 6.42 Å². The molecular weight excluding hydrogens is 255 g/mol. The fraction of sp³-hybridized carbons (Fsp3) is 0.438. The van der Waals surface area contributed by atoms with E-state index in [-0.39, 0.29) is 11.7 Å². The molecule has 0 saturated heterocycles. The van der Waals surface area contributed by atoms with Crippen LogP contribution in [-0.4, -0.2) is 22.3 Å². The quantitative estimate of drug-likeness (QED) is 0.851. The third-order valence-corrected chi connectivity index (χ3v) is 4.70. The lowest BCUT2D eigenvalue weighted by Gasteiger charge is -2.33. The van der Waals surface area contributed by atoms with Crippen molar-refractivity contribution in [2.24, 2.45) is 5.92 Å². The lowest BCUT2D eigenvalue weighted by Crippen LogP contribution is -2.41. The van der Waals surface area contributed by atoms with Gasteiger partial charge < -0.3 is 9.88 Å². The summed E-state index contributed by atoms with van der Waals surface area (Å²) in [6.07, 6.45) is 4.08. The van der Waals surface area contributed by atoms with Crippen molar-refractivity contribution in [3.8, 4) is 0 Å². The van der Waals surface area contributed by atoms with Gasteiger partial charge in [0.05, 0.1) is 6.54 Å². The molecule has 2 heterocycles. The highest BCUT2D eigenvalue weighted by atomic mass is 19.1. The molecule has 1 fully saturated rings. The lowest BCUT2D eigenvalue weighted by atomic mass is 9.84. The number of halogens is 1. The van der Waals surface area contributed by atoms with Crippen LogP contribution in [0.3, 0.4) is 0 Å². The molecule has 1 aromatic heterocycles. The standard InChI is InChI=1S/C16H17FN2O/c17-11-4-5-14-13(8-11)12-6-7-19(9-15(12)18-14)16(20)10-2-1-3-10/h4-5,8,10,18H,1-3,6-7,9H2. The zero-order chi connectivity index (χ0) is 13.7. The predicted molar refractivity (Wildman–Crippen MR) is 74.7 cm³/mol. The number of nitrogens with zero attached hydrogens (tertiary/aromatic N) is 1. The Balaban J connectivity index is 1.66. The second-order valence-electron chi connectivity index (χ2n) is 5.91. The molecule has 0 bridgehead atoms. The SMILES string of the molecule is O=C(C1CCC1)N1CCc2c([nH]c3ccc(F)cc23)C1. The second-order valence-corrected chi connectivity index (χ2v) is 5.91. The fourth-order valence-corrected chi connectivity index (χ4v) is 3.31. The summed E-state index contributed by atoms with van der Waals surface area (Å²) in [5, 5.41) is 0.968. The zero-order valence-electron chi connectivity index (χ0n) is 11.3. The van der Waals surface area contributed by atoms with E-state index in [2.05, 4.69) is 4.98 Å². The summed E-state index contributed by atoms with van der Waals surface area (Å²) in [6, 6.07) is 4.84. The summed E-state index contributed by atoms with van der Waals surface area (Å²) in [5.74, 6) is 0.345. The maximum absolute atomic E-state index is 13.4. The summed E-state index contributed by atoms with van der Waals surface area (Å²) in [4.78, 5) is 17.6. The molecule has 2 aromatic rings. The van der Waals surface area contributed by atoms with Crippen LogP contribution in [0.15, 0.2) is 18.2 Å². The number of carbonyl (C=O) groups excluding carboxylic acids is 1. The Labute approximate surface area is 116 Å². The van der Waals surface area contributed by atoms with Crippen molar-refractivity contribution >= 4 is 16.8 Å². The van der Waals surface area contributed by atoms with Crippen molar-refractivity contribution in [1.29, 1.82) is 0 Å². The molecule has 1 saturated carbocycles. The van der Waals surface area contributed by atoms with Crippen molar-refractivity contribution in [2.75, 3.05) is 6.54 Å². The van der Waals surface area contributed by atoms with Gasteiger partial charge in [-0.3, -0.25) is 4.79 Å². The molecule has 4 rings (SSSR count).